The molecule has 2 amide bonds. The highest BCUT2D eigenvalue weighted by Gasteiger charge is 2.43. The highest BCUT2D eigenvalue weighted by molar-refractivity contribution is 5.99. The molecule has 1 saturated heterocycles. The van der Waals surface area contributed by atoms with Gasteiger partial charge in [0.2, 0.25) is 5.43 Å². The molecule has 10 heteroatoms. The second kappa shape index (κ2) is 8.34. The van der Waals surface area contributed by atoms with Gasteiger partial charge in [-0.1, -0.05) is 0 Å². The van der Waals surface area contributed by atoms with Crippen LogP contribution in [0.4, 0.5) is 8.78 Å². The number of aromatic hydroxyl groups is 1. The highest BCUT2D eigenvalue weighted by atomic mass is 19.1. The van der Waals surface area contributed by atoms with Crippen molar-refractivity contribution in [2.24, 2.45) is 0 Å². The number of nitrogens with zero attached hydrogens (tertiary/aromatic N) is 2. The van der Waals surface area contributed by atoms with Crippen molar-refractivity contribution in [3.05, 3.63) is 62.6 Å². The first-order valence-corrected chi connectivity index (χ1v) is 10.3. The maximum atomic E-state index is 14.1. The number of fused-ring (bicyclic) bond motifs is 3. The van der Waals surface area contributed by atoms with Crippen LogP contribution in [0, 0.1) is 18.6 Å². The van der Waals surface area contributed by atoms with Gasteiger partial charge in [-0.3, -0.25) is 14.4 Å². The summed E-state index contributed by atoms with van der Waals surface area (Å²) in [6.45, 7) is 3.93. The standard InChI is InChI=1S/C22H23F2N3O5/c1-3-26-17-10-32-5-4-16(17)27-9-13(19(28)20(29)18(27)22(26)31)21(30)25-8-12-14(23)6-11(2)7-15(12)24/h6-7,9,16-17,29H,3-5,8,10H2,1-2H3,(H,25,30)/t16-,17+/m0/s1. The third-order valence-corrected chi connectivity index (χ3v) is 6.02. The Labute approximate surface area is 182 Å². The van der Waals surface area contributed by atoms with Gasteiger partial charge >= 0.3 is 0 Å². The van der Waals surface area contributed by atoms with E-state index in [4.69, 9.17) is 4.74 Å². The zero-order valence-electron chi connectivity index (χ0n) is 17.7. The van der Waals surface area contributed by atoms with Gasteiger partial charge < -0.3 is 24.6 Å². The van der Waals surface area contributed by atoms with Gasteiger partial charge in [-0.25, -0.2) is 8.78 Å². The number of pyridine rings is 1. The zero-order chi connectivity index (χ0) is 23.2. The van der Waals surface area contributed by atoms with E-state index < -0.39 is 46.7 Å². The number of nitrogens with one attached hydrogen (secondary N) is 1. The third-order valence-electron chi connectivity index (χ3n) is 6.02. The minimum atomic E-state index is -1.02. The molecule has 1 fully saturated rings. The highest BCUT2D eigenvalue weighted by Crippen LogP contribution is 2.35. The Morgan fingerprint density at radius 1 is 1.25 bits per heavy atom. The molecule has 3 heterocycles. The molecule has 0 radical (unpaired) electrons. The van der Waals surface area contributed by atoms with Gasteiger partial charge in [0.15, 0.2) is 11.4 Å². The lowest BCUT2D eigenvalue weighted by atomic mass is 9.96. The van der Waals surface area contributed by atoms with Crippen LogP contribution in [0.3, 0.4) is 0 Å². The van der Waals surface area contributed by atoms with Crippen LogP contribution >= 0.6 is 0 Å². The summed E-state index contributed by atoms with van der Waals surface area (Å²) in [6, 6.07) is 1.69. The molecule has 2 atom stereocenters. The Balaban J connectivity index is 1.70. The van der Waals surface area contributed by atoms with Crippen LogP contribution in [0.1, 0.15) is 51.4 Å². The van der Waals surface area contributed by atoms with Gasteiger partial charge in [0.05, 0.1) is 18.7 Å². The van der Waals surface area contributed by atoms with Gasteiger partial charge in [0.25, 0.3) is 11.8 Å². The predicted molar refractivity (Wildman–Crippen MR) is 110 cm³/mol. The van der Waals surface area contributed by atoms with E-state index in [1.807, 2.05) is 0 Å². The normalized spacial score (nSPS) is 20.0. The van der Waals surface area contributed by atoms with E-state index in [-0.39, 0.29) is 23.3 Å². The summed E-state index contributed by atoms with van der Waals surface area (Å²) in [5.74, 6) is -3.89. The van der Waals surface area contributed by atoms with Crippen LogP contribution in [0.5, 0.6) is 5.75 Å². The molecule has 0 unspecified atom stereocenters. The van der Waals surface area contributed by atoms with E-state index in [0.717, 1.165) is 12.1 Å². The number of amides is 2. The van der Waals surface area contributed by atoms with Crippen molar-refractivity contribution in [1.82, 2.24) is 14.8 Å². The maximum absolute atomic E-state index is 14.1. The molecule has 2 N–H and O–H groups in total. The quantitative estimate of drug-likeness (QED) is 0.746. The average molecular weight is 447 g/mol. The smallest absolute Gasteiger partial charge is 0.274 e. The van der Waals surface area contributed by atoms with E-state index >= 15 is 0 Å². The molecular weight excluding hydrogens is 424 g/mol. The SMILES string of the molecule is CCN1C(=O)c2c(O)c(=O)c(C(=O)NCc3c(F)cc(C)cc3F)cn2[C@H]2CCOC[C@H]21. The zero-order valence-corrected chi connectivity index (χ0v) is 17.7. The summed E-state index contributed by atoms with van der Waals surface area (Å²) in [5.41, 5.74) is -1.56. The summed E-state index contributed by atoms with van der Waals surface area (Å²) < 4.78 is 35.1. The van der Waals surface area contributed by atoms with Crippen LogP contribution < -0.4 is 10.7 Å². The largest absolute Gasteiger partial charge is 0.503 e. The summed E-state index contributed by atoms with van der Waals surface area (Å²) in [6.07, 6.45) is 1.76. The fraction of sp³-hybridized carbons (Fsp3) is 0.409. The molecule has 2 aliphatic rings. The Morgan fingerprint density at radius 3 is 2.59 bits per heavy atom. The van der Waals surface area contributed by atoms with Crippen LogP contribution in [0.2, 0.25) is 0 Å². The number of likely N-dealkylation sites (N-methyl/N-ethyl adjacent to an activating group) is 1. The van der Waals surface area contributed by atoms with Crippen LogP contribution in [-0.4, -0.2) is 52.2 Å². The second-order valence-corrected chi connectivity index (χ2v) is 7.96. The molecule has 2 aliphatic heterocycles. The number of rotatable bonds is 4. The molecule has 32 heavy (non-hydrogen) atoms. The molecule has 1 aromatic heterocycles. The predicted octanol–water partition coefficient (Wildman–Crippen LogP) is 1.88. The summed E-state index contributed by atoms with van der Waals surface area (Å²) in [7, 11) is 0. The van der Waals surface area contributed by atoms with Gasteiger partial charge in [-0.2, -0.15) is 0 Å². The number of ether oxygens (including phenoxy) is 1. The van der Waals surface area contributed by atoms with E-state index in [0.29, 0.717) is 31.7 Å². The molecule has 170 valence electrons. The van der Waals surface area contributed by atoms with Gasteiger partial charge in [-0.05, 0) is 38.0 Å². The first-order chi connectivity index (χ1) is 15.2. The number of benzene rings is 1. The van der Waals surface area contributed by atoms with E-state index in [9.17, 15) is 28.3 Å². The van der Waals surface area contributed by atoms with E-state index in [1.54, 1.807) is 11.8 Å². The fourth-order valence-electron chi connectivity index (χ4n) is 4.42. The molecule has 2 aromatic rings. The average Bonchev–Trinajstić information content (AvgIpc) is 2.75. The number of halogens is 2. The molecule has 0 bridgehead atoms. The first kappa shape index (κ1) is 21.9. The lowest BCUT2D eigenvalue weighted by molar-refractivity contribution is -0.0176. The van der Waals surface area contributed by atoms with Gasteiger partial charge in [-0.15, -0.1) is 0 Å². The molecular formula is C22H23F2N3O5. The number of hydrogen-bond acceptors (Lipinski definition) is 5. The summed E-state index contributed by atoms with van der Waals surface area (Å²) in [4.78, 5) is 39.9. The molecule has 4 rings (SSSR count). The van der Waals surface area contributed by atoms with Crippen molar-refractivity contribution < 1.29 is 28.2 Å². The monoisotopic (exact) mass is 447 g/mol. The van der Waals surface area contributed by atoms with Gasteiger partial charge in [0.1, 0.15) is 17.2 Å². The van der Waals surface area contributed by atoms with Crippen LogP contribution in [0.15, 0.2) is 23.1 Å². The Kier molecular flexibility index (Phi) is 5.72. The minimum absolute atomic E-state index is 0.174. The molecule has 0 saturated carbocycles. The topological polar surface area (TPSA) is 101 Å². The molecule has 0 aliphatic carbocycles. The maximum Gasteiger partial charge on any atom is 0.274 e. The number of hydrogen-bond donors (Lipinski definition) is 2. The Hall–Kier alpha value is -3.27. The van der Waals surface area contributed by atoms with Crippen molar-refractivity contribution in [2.45, 2.75) is 38.9 Å². The lowest BCUT2D eigenvalue weighted by Gasteiger charge is -2.45. The molecule has 0 spiro atoms. The summed E-state index contributed by atoms with van der Waals surface area (Å²) >= 11 is 0. The molecule has 1 aromatic carbocycles. The molecule has 8 nitrogen and oxygen atoms in total. The fourth-order valence-corrected chi connectivity index (χ4v) is 4.42. The number of aryl methyl sites for hydroxylation is 1. The van der Waals surface area contributed by atoms with Gasteiger partial charge in [0, 0.05) is 31.5 Å². The van der Waals surface area contributed by atoms with Crippen molar-refractivity contribution in [2.75, 3.05) is 19.8 Å². The van der Waals surface area contributed by atoms with Crippen LogP contribution in [0.25, 0.3) is 0 Å². The van der Waals surface area contributed by atoms with E-state index in [2.05, 4.69) is 5.32 Å². The van der Waals surface area contributed by atoms with Crippen molar-refractivity contribution in [3.63, 3.8) is 0 Å². The number of aromatic nitrogens is 1. The third kappa shape index (κ3) is 3.54. The first-order valence-electron chi connectivity index (χ1n) is 10.3. The Morgan fingerprint density at radius 2 is 1.94 bits per heavy atom. The lowest BCUT2D eigenvalue weighted by Crippen LogP contribution is -2.55. The number of carbonyl (C=O) groups excluding carboxylic acids is 2. The van der Waals surface area contributed by atoms with Crippen LogP contribution in [-0.2, 0) is 11.3 Å². The van der Waals surface area contributed by atoms with Crippen molar-refractivity contribution in [3.8, 4) is 5.75 Å². The van der Waals surface area contributed by atoms with E-state index in [1.165, 1.54) is 17.7 Å². The second-order valence-electron chi connectivity index (χ2n) is 7.96. The van der Waals surface area contributed by atoms with Crippen molar-refractivity contribution in [1.29, 1.82) is 0 Å². The van der Waals surface area contributed by atoms with Crippen molar-refractivity contribution >= 4 is 11.8 Å². The summed E-state index contributed by atoms with van der Waals surface area (Å²) in [5, 5.41) is 12.9. The minimum Gasteiger partial charge on any atom is -0.503 e. The number of carbonyl (C=O) groups is 2. The Bertz CT molecular complexity index is 1140.